The lowest BCUT2D eigenvalue weighted by Gasteiger charge is -2.21. The third kappa shape index (κ3) is 1.76. The Labute approximate surface area is 114 Å². The summed E-state index contributed by atoms with van der Waals surface area (Å²) < 4.78 is 14.9. The second kappa shape index (κ2) is 4.41. The molecule has 0 amide bonds. The van der Waals surface area contributed by atoms with Crippen molar-refractivity contribution in [2.45, 2.75) is 38.0 Å². The monoisotopic (exact) mass is 251 g/mol. The zero-order valence-electron chi connectivity index (χ0n) is 12.0. The van der Waals surface area contributed by atoms with E-state index in [0.717, 1.165) is 53.2 Å². The minimum absolute atomic E-state index is 0.467. The minimum Gasteiger partial charge on any atom is -0.456 e. The maximum absolute atomic E-state index is 8.86. The van der Waals surface area contributed by atoms with Crippen molar-refractivity contribution in [2.24, 2.45) is 0 Å². The Morgan fingerprint density at radius 3 is 2.58 bits per heavy atom. The molecule has 19 heavy (non-hydrogen) atoms. The SMILES string of the molecule is [2H]C1(c2cccc3c2oc2ccccc23)CCCCC1. The zero-order valence-corrected chi connectivity index (χ0v) is 11.0. The summed E-state index contributed by atoms with van der Waals surface area (Å²) in [7, 11) is 0. The van der Waals surface area contributed by atoms with Gasteiger partial charge in [0, 0.05) is 12.1 Å². The summed E-state index contributed by atoms with van der Waals surface area (Å²) in [6.45, 7) is 0. The Bertz CT molecular complexity index is 765. The molecule has 4 rings (SSSR count). The summed E-state index contributed by atoms with van der Waals surface area (Å²) in [5, 5.41) is 2.30. The molecule has 1 aliphatic rings. The molecule has 0 unspecified atom stereocenters. The topological polar surface area (TPSA) is 13.1 Å². The van der Waals surface area contributed by atoms with Gasteiger partial charge in [0.05, 0.1) is 0 Å². The lowest BCUT2D eigenvalue weighted by atomic mass is 9.83. The fourth-order valence-corrected chi connectivity index (χ4v) is 3.27. The number of furan rings is 1. The molecule has 1 nitrogen and oxygen atoms in total. The van der Waals surface area contributed by atoms with Gasteiger partial charge >= 0.3 is 0 Å². The van der Waals surface area contributed by atoms with Gasteiger partial charge in [-0.15, -0.1) is 0 Å². The Morgan fingerprint density at radius 2 is 1.68 bits per heavy atom. The van der Waals surface area contributed by atoms with E-state index in [-0.39, 0.29) is 0 Å². The van der Waals surface area contributed by atoms with Crippen LogP contribution in [0.3, 0.4) is 0 Å². The second-order valence-electron chi connectivity index (χ2n) is 5.44. The molecule has 2 aromatic carbocycles. The minimum atomic E-state index is -0.467. The predicted molar refractivity (Wildman–Crippen MR) is 79.5 cm³/mol. The van der Waals surface area contributed by atoms with Crippen LogP contribution in [-0.4, -0.2) is 0 Å². The van der Waals surface area contributed by atoms with Crippen molar-refractivity contribution in [3.05, 3.63) is 48.0 Å². The highest BCUT2D eigenvalue weighted by Gasteiger charge is 2.20. The number of fused-ring (bicyclic) bond motifs is 3. The largest absolute Gasteiger partial charge is 0.456 e. The van der Waals surface area contributed by atoms with Crippen molar-refractivity contribution >= 4 is 21.9 Å². The van der Waals surface area contributed by atoms with Crippen molar-refractivity contribution in [3.63, 3.8) is 0 Å². The van der Waals surface area contributed by atoms with Gasteiger partial charge in [-0.25, -0.2) is 0 Å². The predicted octanol–water partition coefficient (Wildman–Crippen LogP) is 5.63. The van der Waals surface area contributed by atoms with Crippen LogP contribution in [0.15, 0.2) is 46.9 Å². The van der Waals surface area contributed by atoms with E-state index in [1.54, 1.807) is 0 Å². The standard InChI is InChI=1S/C18H18O/c1-2-7-13(8-3-1)14-10-6-11-16-15-9-4-5-12-17(15)19-18(14)16/h4-6,9-13H,1-3,7-8H2/i13D. The number of hydrogen-bond acceptors (Lipinski definition) is 1. The molecule has 1 aromatic heterocycles. The highest BCUT2D eigenvalue weighted by molar-refractivity contribution is 6.05. The van der Waals surface area contributed by atoms with E-state index in [4.69, 9.17) is 5.79 Å². The van der Waals surface area contributed by atoms with E-state index in [1.807, 2.05) is 18.2 Å². The maximum Gasteiger partial charge on any atom is 0.138 e. The van der Waals surface area contributed by atoms with Crippen LogP contribution in [0.1, 0.15) is 44.9 Å². The first-order valence-corrected chi connectivity index (χ1v) is 7.19. The third-order valence-corrected chi connectivity index (χ3v) is 4.24. The molecule has 0 spiro atoms. The van der Waals surface area contributed by atoms with Crippen LogP contribution in [0.4, 0.5) is 0 Å². The molecule has 0 atom stereocenters. The molecule has 0 radical (unpaired) electrons. The van der Waals surface area contributed by atoms with E-state index in [2.05, 4.69) is 24.3 Å². The summed E-state index contributed by atoms with van der Waals surface area (Å²) in [5.41, 5.74) is 2.92. The van der Waals surface area contributed by atoms with Crippen LogP contribution in [-0.2, 0) is 0 Å². The number of benzene rings is 2. The Hall–Kier alpha value is -1.76. The molecule has 96 valence electrons. The van der Waals surface area contributed by atoms with Gasteiger partial charge in [-0.05, 0) is 30.4 Å². The molecular weight excluding hydrogens is 232 g/mol. The summed E-state index contributed by atoms with van der Waals surface area (Å²) in [5.74, 6) is -0.467. The number of hydrogen-bond donors (Lipinski definition) is 0. The summed E-state index contributed by atoms with van der Waals surface area (Å²) >= 11 is 0. The van der Waals surface area contributed by atoms with Crippen LogP contribution in [0.25, 0.3) is 21.9 Å². The average molecular weight is 251 g/mol. The third-order valence-electron chi connectivity index (χ3n) is 4.24. The normalized spacial score (nSPS) is 19.7. The van der Waals surface area contributed by atoms with Crippen molar-refractivity contribution in [3.8, 4) is 0 Å². The summed E-state index contributed by atoms with van der Waals surface area (Å²) in [4.78, 5) is 0. The van der Waals surface area contributed by atoms with Gasteiger partial charge in [0.2, 0.25) is 0 Å². The first kappa shape index (κ1) is 10.1. The van der Waals surface area contributed by atoms with Crippen LogP contribution in [0.5, 0.6) is 0 Å². The van der Waals surface area contributed by atoms with Crippen molar-refractivity contribution in [1.29, 1.82) is 0 Å². The molecule has 1 saturated carbocycles. The molecule has 1 heterocycles. The average Bonchev–Trinajstić information content (AvgIpc) is 2.86. The van der Waals surface area contributed by atoms with Gasteiger partial charge in [0.15, 0.2) is 0 Å². The highest BCUT2D eigenvalue weighted by atomic mass is 16.3. The van der Waals surface area contributed by atoms with Gasteiger partial charge in [-0.3, -0.25) is 0 Å². The number of rotatable bonds is 1. The molecule has 1 heteroatoms. The van der Waals surface area contributed by atoms with Crippen molar-refractivity contribution < 1.29 is 5.79 Å². The van der Waals surface area contributed by atoms with Gasteiger partial charge in [0.25, 0.3) is 0 Å². The fourth-order valence-electron chi connectivity index (χ4n) is 3.27. The molecule has 3 aromatic rings. The van der Waals surface area contributed by atoms with Crippen molar-refractivity contribution in [1.82, 2.24) is 0 Å². The zero-order chi connectivity index (χ0) is 13.6. The molecule has 0 aliphatic heterocycles. The smallest absolute Gasteiger partial charge is 0.138 e. The fraction of sp³-hybridized carbons (Fsp3) is 0.333. The van der Waals surface area contributed by atoms with E-state index < -0.39 is 5.89 Å². The first-order valence-electron chi connectivity index (χ1n) is 7.69. The Kier molecular flexibility index (Phi) is 2.34. The second-order valence-corrected chi connectivity index (χ2v) is 5.44. The van der Waals surface area contributed by atoms with E-state index in [9.17, 15) is 0 Å². The van der Waals surface area contributed by atoms with Gasteiger partial charge in [0.1, 0.15) is 11.2 Å². The van der Waals surface area contributed by atoms with Gasteiger partial charge in [-0.1, -0.05) is 55.7 Å². The summed E-state index contributed by atoms with van der Waals surface area (Å²) in [6, 6.07) is 14.4. The number of para-hydroxylation sites is 2. The molecule has 0 N–H and O–H groups in total. The van der Waals surface area contributed by atoms with Crippen LogP contribution < -0.4 is 0 Å². The van der Waals surface area contributed by atoms with Crippen LogP contribution in [0, 0.1) is 0 Å². The molecule has 0 saturated heterocycles. The van der Waals surface area contributed by atoms with Crippen molar-refractivity contribution in [2.75, 3.05) is 0 Å². The lowest BCUT2D eigenvalue weighted by Crippen LogP contribution is -2.04. The summed E-state index contributed by atoms with van der Waals surface area (Å²) in [6.07, 6.45) is 5.46. The van der Waals surface area contributed by atoms with Crippen LogP contribution in [0.2, 0.25) is 0 Å². The highest BCUT2D eigenvalue weighted by Crippen LogP contribution is 2.39. The Morgan fingerprint density at radius 1 is 0.895 bits per heavy atom. The maximum atomic E-state index is 8.86. The van der Waals surface area contributed by atoms with E-state index in [1.165, 1.54) is 6.42 Å². The quantitative estimate of drug-likeness (QED) is 0.546. The van der Waals surface area contributed by atoms with Crippen LogP contribution >= 0.6 is 0 Å². The lowest BCUT2D eigenvalue weighted by molar-refractivity contribution is 0.442. The first-order chi connectivity index (χ1) is 9.78. The van der Waals surface area contributed by atoms with E-state index >= 15 is 0 Å². The van der Waals surface area contributed by atoms with Gasteiger partial charge < -0.3 is 4.42 Å². The molecule has 1 aliphatic carbocycles. The van der Waals surface area contributed by atoms with Gasteiger partial charge in [-0.2, -0.15) is 0 Å². The molecule has 1 fully saturated rings. The Balaban J connectivity index is 2.00. The molecular formula is C18H18O. The molecule has 0 bridgehead atoms. The van der Waals surface area contributed by atoms with E-state index in [0.29, 0.717) is 0 Å².